The monoisotopic (exact) mass is 203 g/mol. The lowest BCUT2D eigenvalue weighted by molar-refractivity contribution is -0.117. The molecule has 0 saturated carbocycles. The predicted molar refractivity (Wildman–Crippen MR) is 59.3 cm³/mol. The highest BCUT2D eigenvalue weighted by Crippen LogP contribution is 2.25. The van der Waals surface area contributed by atoms with Gasteiger partial charge in [-0.2, -0.15) is 0 Å². The van der Waals surface area contributed by atoms with Gasteiger partial charge in [0.15, 0.2) is 0 Å². The van der Waals surface area contributed by atoms with Crippen molar-refractivity contribution in [2.24, 2.45) is 5.92 Å². The van der Waals surface area contributed by atoms with Crippen molar-refractivity contribution >= 4 is 17.4 Å². The second-order valence-corrected chi connectivity index (χ2v) is 3.65. The predicted octanol–water partition coefficient (Wildman–Crippen LogP) is 1.20. The number of carbonyl (C=O) groups excluding carboxylic acids is 1. The number of pyridine rings is 1. The van der Waals surface area contributed by atoms with E-state index in [0.717, 1.165) is 5.69 Å². The van der Waals surface area contributed by atoms with E-state index in [2.05, 4.69) is 11.6 Å². The Morgan fingerprint density at radius 2 is 2.40 bits per heavy atom. The molecule has 2 heterocycles. The van der Waals surface area contributed by atoms with E-state index in [9.17, 15) is 4.79 Å². The normalized spacial score (nSPS) is 20.7. The lowest BCUT2D eigenvalue weighted by Gasteiger charge is -2.15. The number of nitrogen functional groups attached to an aromatic ring is 1. The third-order valence-electron chi connectivity index (χ3n) is 2.57. The van der Waals surface area contributed by atoms with Gasteiger partial charge < -0.3 is 10.6 Å². The summed E-state index contributed by atoms with van der Waals surface area (Å²) in [5, 5.41) is 0. The first kappa shape index (κ1) is 9.71. The molecule has 1 atom stereocenters. The van der Waals surface area contributed by atoms with Crippen LogP contribution in [-0.4, -0.2) is 17.4 Å². The molecule has 1 aliphatic heterocycles. The Balaban J connectivity index is 2.21. The average molecular weight is 203 g/mol. The van der Waals surface area contributed by atoms with E-state index in [4.69, 9.17) is 5.73 Å². The molecule has 0 radical (unpaired) electrons. The van der Waals surface area contributed by atoms with Crippen molar-refractivity contribution in [3.63, 3.8) is 0 Å². The molecule has 0 bridgehead atoms. The van der Waals surface area contributed by atoms with Gasteiger partial charge in [0.2, 0.25) is 5.91 Å². The molecule has 1 fully saturated rings. The molecule has 2 N–H and O–H groups in total. The Hall–Kier alpha value is -1.84. The Kier molecular flexibility index (Phi) is 2.41. The highest BCUT2D eigenvalue weighted by molar-refractivity contribution is 5.95. The fourth-order valence-corrected chi connectivity index (χ4v) is 1.70. The molecule has 4 nitrogen and oxygen atoms in total. The van der Waals surface area contributed by atoms with Gasteiger partial charge in [-0.05, 0) is 12.1 Å². The topological polar surface area (TPSA) is 59.2 Å². The second-order valence-electron chi connectivity index (χ2n) is 3.65. The summed E-state index contributed by atoms with van der Waals surface area (Å²) < 4.78 is 0. The summed E-state index contributed by atoms with van der Waals surface area (Å²) in [6, 6.07) is 3.51. The highest BCUT2D eigenvalue weighted by atomic mass is 16.2. The molecule has 1 aromatic heterocycles. The molecule has 2 rings (SSSR count). The molecule has 1 unspecified atom stereocenters. The van der Waals surface area contributed by atoms with Crippen molar-refractivity contribution in [3.8, 4) is 0 Å². The van der Waals surface area contributed by atoms with Gasteiger partial charge in [0.25, 0.3) is 0 Å². The van der Waals surface area contributed by atoms with Gasteiger partial charge in [-0.25, -0.2) is 4.98 Å². The average Bonchev–Trinajstić information content (AvgIpc) is 2.61. The minimum atomic E-state index is 0.117. The maximum absolute atomic E-state index is 11.6. The Labute approximate surface area is 88.4 Å². The van der Waals surface area contributed by atoms with E-state index in [1.54, 1.807) is 17.2 Å². The van der Waals surface area contributed by atoms with Crippen molar-refractivity contribution < 1.29 is 4.79 Å². The van der Waals surface area contributed by atoms with Crippen LogP contribution in [0, 0.1) is 5.92 Å². The first-order chi connectivity index (χ1) is 7.20. The molecule has 0 aliphatic carbocycles. The van der Waals surface area contributed by atoms with Crippen LogP contribution < -0.4 is 10.6 Å². The van der Waals surface area contributed by atoms with Gasteiger partial charge in [-0.15, -0.1) is 6.58 Å². The van der Waals surface area contributed by atoms with E-state index in [1.165, 1.54) is 0 Å². The minimum absolute atomic E-state index is 0.117. The van der Waals surface area contributed by atoms with Crippen molar-refractivity contribution in [1.29, 1.82) is 0 Å². The summed E-state index contributed by atoms with van der Waals surface area (Å²) >= 11 is 0. The molecule has 78 valence electrons. The zero-order valence-corrected chi connectivity index (χ0v) is 8.39. The fourth-order valence-electron chi connectivity index (χ4n) is 1.70. The van der Waals surface area contributed by atoms with Gasteiger partial charge in [0, 0.05) is 18.9 Å². The molecule has 1 saturated heterocycles. The maximum atomic E-state index is 11.6. The zero-order valence-electron chi connectivity index (χ0n) is 8.39. The summed E-state index contributed by atoms with van der Waals surface area (Å²) in [5.41, 5.74) is 6.29. The zero-order chi connectivity index (χ0) is 10.8. The fraction of sp³-hybridized carbons (Fsp3) is 0.273. The van der Waals surface area contributed by atoms with E-state index in [1.807, 2.05) is 12.1 Å². The number of amides is 1. The van der Waals surface area contributed by atoms with Crippen molar-refractivity contribution in [1.82, 2.24) is 4.98 Å². The molecule has 1 aromatic rings. The molecular weight excluding hydrogens is 190 g/mol. The number of aromatic nitrogens is 1. The lowest BCUT2D eigenvalue weighted by Crippen LogP contribution is -2.24. The summed E-state index contributed by atoms with van der Waals surface area (Å²) in [6.07, 6.45) is 3.98. The van der Waals surface area contributed by atoms with Crippen molar-refractivity contribution in [2.45, 2.75) is 6.42 Å². The molecule has 0 aromatic carbocycles. The molecule has 0 spiro atoms. The van der Waals surface area contributed by atoms with Gasteiger partial charge in [0.05, 0.1) is 11.9 Å². The molecule has 1 aliphatic rings. The van der Waals surface area contributed by atoms with Crippen LogP contribution in [0.1, 0.15) is 6.42 Å². The Morgan fingerprint density at radius 3 is 2.93 bits per heavy atom. The van der Waals surface area contributed by atoms with Crippen LogP contribution in [-0.2, 0) is 4.79 Å². The van der Waals surface area contributed by atoms with Crippen LogP contribution in [0.25, 0.3) is 0 Å². The first-order valence-corrected chi connectivity index (χ1v) is 4.85. The molecule has 1 amide bonds. The summed E-state index contributed by atoms with van der Waals surface area (Å²) in [4.78, 5) is 17.3. The van der Waals surface area contributed by atoms with Crippen LogP contribution in [0.3, 0.4) is 0 Å². The van der Waals surface area contributed by atoms with Crippen molar-refractivity contribution in [3.05, 3.63) is 31.0 Å². The quantitative estimate of drug-likeness (QED) is 0.735. The van der Waals surface area contributed by atoms with Crippen LogP contribution in [0.15, 0.2) is 31.0 Å². The van der Waals surface area contributed by atoms with E-state index in [0.29, 0.717) is 18.8 Å². The standard InChI is InChI=1S/C11H13N3O/c1-2-8-5-11(15)14(7-8)9-3-4-10(12)13-6-9/h2-4,6,8H,1,5,7H2,(H2,12,13). The smallest absolute Gasteiger partial charge is 0.227 e. The molecular formula is C11H13N3O. The number of anilines is 2. The van der Waals surface area contributed by atoms with Crippen LogP contribution in [0.2, 0.25) is 0 Å². The third-order valence-corrected chi connectivity index (χ3v) is 2.57. The van der Waals surface area contributed by atoms with E-state index < -0.39 is 0 Å². The SMILES string of the molecule is C=CC1CC(=O)N(c2ccc(N)nc2)C1. The van der Waals surface area contributed by atoms with Crippen molar-refractivity contribution in [2.75, 3.05) is 17.2 Å². The number of rotatable bonds is 2. The third kappa shape index (κ3) is 1.83. The Morgan fingerprint density at radius 1 is 1.60 bits per heavy atom. The number of nitrogens with zero attached hydrogens (tertiary/aromatic N) is 2. The largest absolute Gasteiger partial charge is 0.384 e. The lowest BCUT2D eigenvalue weighted by atomic mass is 10.1. The van der Waals surface area contributed by atoms with E-state index >= 15 is 0 Å². The Bertz CT molecular complexity index is 385. The van der Waals surface area contributed by atoms with Crippen LogP contribution in [0.4, 0.5) is 11.5 Å². The second kappa shape index (κ2) is 3.73. The summed E-state index contributed by atoms with van der Waals surface area (Å²) in [5.74, 6) is 0.826. The van der Waals surface area contributed by atoms with E-state index in [-0.39, 0.29) is 11.8 Å². The van der Waals surface area contributed by atoms with Gasteiger partial charge in [-0.3, -0.25) is 4.79 Å². The van der Waals surface area contributed by atoms with Crippen LogP contribution >= 0.6 is 0 Å². The van der Waals surface area contributed by atoms with Gasteiger partial charge in [-0.1, -0.05) is 6.08 Å². The summed E-state index contributed by atoms with van der Waals surface area (Å²) in [7, 11) is 0. The minimum Gasteiger partial charge on any atom is -0.384 e. The first-order valence-electron chi connectivity index (χ1n) is 4.85. The maximum Gasteiger partial charge on any atom is 0.227 e. The number of hydrogen-bond donors (Lipinski definition) is 1. The molecule has 15 heavy (non-hydrogen) atoms. The highest BCUT2D eigenvalue weighted by Gasteiger charge is 2.28. The van der Waals surface area contributed by atoms with Crippen LogP contribution in [0.5, 0.6) is 0 Å². The van der Waals surface area contributed by atoms with Gasteiger partial charge in [0.1, 0.15) is 5.82 Å². The number of carbonyl (C=O) groups is 1. The summed E-state index contributed by atoms with van der Waals surface area (Å²) in [6.45, 7) is 4.39. The number of nitrogens with two attached hydrogens (primary N) is 1. The number of hydrogen-bond acceptors (Lipinski definition) is 3. The van der Waals surface area contributed by atoms with Gasteiger partial charge >= 0.3 is 0 Å². The molecule has 4 heteroatoms.